The molecule has 3 N–H and O–H groups in total. The van der Waals surface area contributed by atoms with Gasteiger partial charge in [0, 0.05) is 12.6 Å². The predicted octanol–water partition coefficient (Wildman–Crippen LogP) is 0.832. The van der Waals surface area contributed by atoms with Crippen molar-refractivity contribution in [2.75, 3.05) is 0 Å². The molecule has 0 saturated heterocycles. The van der Waals surface area contributed by atoms with Crippen molar-refractivity contribution < 1.29 is 8.42 Å². The Morgan fingerprint density at radius 3 is 2.60 bits per heavy atom. The number of rotatable bonds is 4. The van der Waals surface area contributed by atoms with Crippen molar-refractivity contribution in [2.45, 2.75) is 31.3 Å². The Morgan fingerprint density at radius 1 is 1.40 bits per heavy atom. The third-order valence-corrected chi connectivity index (χ3v) is 3.49. The molecule has 1 aromatic rings. The Kier molecular flexibility index (Phi) is 3.84. The summed E-state index contributed by atoms with van der Waals surface area (Å²) in [4.78, 5) is 0.263. The molecule has 0 fully saturated rings. The normalized spacial score (nSPS) is 12.0. The second kappa shape index (κ2) is 4.74. The lowest BCUT2D eigenvalue weighted by atomic mass is 10.2. The van der Waals surface area contributed by atoms with Crippen molar-refractivity contribution in [1.82, 2.24) is 4.72 Å². The summed E-state index contributed by atoms with van der Waals surface area (Å²) in [6, 6.07) is 6.52. The van der Waals surface area contributed by atoms with E-state index < -0.39 is 10.0 Å². The van der Waals surface area contributed by atoms with E-state index in [9.17, 15) is 8.42 Å². The fraction of sp³-hybridized carbons (Fsp3) is 0.400. The Balaban J connectivity index is 3.04. The van der Waals surface area contributed by atoms with Gasteiger partial charge in [-0.25, -0.2) is 13.1 Å². The standard InChI is InChI=1S/C10H16N2O2S/c1-8(2)12-15(13,14)10-5-3-4-9(6-10)7-11/h3-6,8,12H,7,11H2,1-2H3. The molecule has 5 heteroatoms. The molecule has 1 rings (SSSR count). The summed E-state index contributed by atoms with van der Waals surface area (Å²) in [6.07, 6.45) is 0. The van der Waals surface area contributed by atoms with Crippen LogP contribution in [-0.2, 0) is 16.6 Å². The van der Waals surface area contributed by atoms with Crippen LogP contribution in [0.1, 0.15) is 19.4 Å². The first-order valence-electron chi connectivity index (χ1n) is 4.77. The predicted molar refractivity (Wildman–Crippen MR) is 59.8 cm³/mol. The van der Waals surface area contributed by atoms with E-state index >= 15 is 0 Å². The Hall–Kier alpha value is -0.910. The summed E-state index contributed by atoms with van der Waals surface area (Å²) in [6.45, 7) is 3.90. The van der Waals surface area contributed by atoms with Crippen LogP contribution < -0.4 is 10.5 Å². The highest BCUT2D eigenvalue weighted by atomic mass is 32.2. The highest BCUT2D eigenvalue weighted by Gasteiger charge is 2.14. The zero-order chi connectivity index (χ0) is 11.5. The summed E-state index contributed by atoms with van der Waals surface area (Å²) in [7, 11) is -3.40. The maximum atomic E-state index is 11.8. The molecule has 0 spiro atoms. The third kappa shape index (κ3) is 3.30. The summed E-state index contributed by atoms with van der Waals surface area (Å²) in [5.41, 5.74) is 6.26. The molecule has 4 nitrogen and oxygen atoms in total. The van der Waals surface area contributed by atoms with Gasteiger partial charge in [0.25, 0.3) is 0 Å². The van der Waals surface area contributed by atoms with Gasteiger partial charge in [-0.15, -0.1) is 0 Å². The lowest BCUT2D eigenvalue weighted by molar-refractivity contribution is 0.569. The van der Waals surface area contributed by atoms with E-state index in [1.165, 1.54) is 0 Å². The van der Waals surface area contributed by atoms with Crippen molar-refractivity contribution in [3.63, 3.8) is 0 Å². The first-order chi connectivity index (χ1) is 6.95. The zero-order valence-corrected chi connectivity index (χ0v) is 9.71. The fourth-order valence-electron chi connectivity index (χ4n) is 1.22. The first-order valence-corrected chi connectivity index (χ1v) is 6.25. The van der Waals surface area contributed by atoms with Gasteiger partial charge in [-0.3, -0.25) is 0 Å². The Morgan fingerprint density at radius 2 is 2.07 bits per heavy atom. The van der Waals surface area contributed by atoms with Crippen LogP contribution in [0.25, 0.3) is 0 Å². The van der Waals surface area contributed by atoms with E-state index in [0.29, 0.717) is 6.54 Å². The lowest BCUT2D eigenvalue weighted by Gasteiger charge is -2.10. The number of hydrogen-bond acceptors (Lipinski definition) is 3. The highest BCUT2D eigenvalue weighted by Crippen LogP contribution is 2.11. The lowest BCUT2D eigenvalue weighted by Crippen LogP contribution is -2.30. The van der Waals surface area contributed by atoms with Crippen LogP contribution in [0.15, 0.2) is 29.2 Å². The first kappa shape index (κ1) is 12.2. The van der Waals surface area contributed by atoms with Gasteiger partial charge in [0.2, 0.25) is 10.0 Å². The topological polar surface area (TPSA) is 72.2 Å². The van der Waals surface area contributed by atoms with E-state index in [0.717, 1.165) is 5.56 Å². The molecule has 0 heterocycles. The largest absolute Gasteiger partial charge is 0.326 e. The van der Waals surface area contributed by atoms with Crippen LogP contribution in [0.3, 0.4) is 0 Å². The number of nitrogens with one attached hydrogen (secondary N) is 1. The van der Waals surface area contributed by atoms with Crippen molar-refractivity contribution in [2.24, 2.45) is 5.73 Å². The van der Waals surface area contributed by atoms with Crippen LogP contribution in [0.4, 0.5) is 0 Å². The minimum Gasteiger partial charge on any atom is -0.326 e. The summed E-state index contributed by atoms with van der Waals surface area (Å²) in [5.74, 6) is 0. The maximum absolute atomic E-state index is 11.8. The molecular weight excluding hydrogens is 212 g/mol. The molecule has 0 bridgehead atoms. The molecule has 0 radical (unpaired) electrons. The second-order valence-corrected chi connectivity index (χ2v) is 5.34. The monoisotopic (exact) mass is 228 g/mol. The average molecular weight is 228 g/mol. The van der Waals surface area contributed by atoms with Gasteiger partial charge in [0.05, 0.1) is 4.90 Å². The number of nitrogens with two attached hydrogens (primary N) is 1. The quantitative estimate of drug-likeness (QED) is 0.802. The van der Waals surface area contributed by atoms with E-state index in [-0.39, 0.29) is 10.9 Å². The molecule has 0 aliphatic rings. The highest BCUT2D eigenvalue weighted by molar-refractivity contribution is 7.89. The minimum atomic E-state index is -3.40. The molecule has 0 saturated carbocycles. The van der Waals surface area contributed by atoms with Crippen molar-refractivity contribution in [1.29, 1.82) is 0 Å². The van der Waals surface area contributed by atoms with Gasteiger partial charge in [-0.1, -0.05) is 12.1 Å². The molecule has 0 amide bonds. The van der Waals surface area contributed by atoms with Gasteiger partial charge in [-0.05, 0) is 31.5 Å². The number of hydrogen-bond donors (Lipinski definition) is 2. The van der Waals surface area contributed by atoms with Crippen LogP contribution in [0.5, 0.6) is 0 Å². The van der Waals surface area contributed by atoms with E-state index in [2.05, 4.69) is 4.72 Å². The molecule has 0 unspecified atom stereocenters. The SMILES string of the molecule is CC(C)NS(=O)(=O)c1cccc(CN)c1. The van der Waals surface area contributed by atoms with Crippen LogP contribution in [-0.4, -0.2) is 14.5 Å². The van der Waals surface area contributed by atoms with E-state index in [1.54, 1.807) is 38.1 Å². The average Bonchev–Trinajstić information content (AvgIpc) is 2.16. The molecular formula is C10H16N2O2S. The van der Waals surface area contributed by atoms with E-state index in [4.69, 9.17) is 5.73 Å². The molecule has 1 aromatic carbocycles. The van der Waals surface area contributed by atoms with Gasteiger partial charge in [-0.2, -0.15) is 0 Å². The van der Waals surface area contributed by atoms with Crippen LogP contribution >= 0.6 is 0 Å². The maximum Gasteiger partial charge on any atom is 0.240 e. The van der Waals surface area contributed by atoms with Crippen molar-refractivity contribution in [3.8, 4) is 0 Å². The zero-order valence-electron chi connectivity index (χ0n) is 8.90. The molecule has 0 aliphatic heterocycles. The summed E-state index contributed by atoms with van der Waals surface area (Å²) in [5, 5.41) is 0. The number of benzene rings is 1. The summed E-state index contributed by atoms with van der Waals surface area (Å²) < 4.78 is 26.0. The molecule has 0 aliphatic carbocycles. The number of sulfonamides is 1. The minimum absolute atomic E-state index is 0.114. The van der Waals surface area contributed by atoms with Gasteiger partial charge in [0.15, 0.2) is 0 Å². The Labute approximate surface area is 90.5 Å². The van der Waals surface area contributed by atoms with Gasteiger partial charge in [0.1, 0.15) is 0 Å². The van der Waals surface area contributed by atoms with Crippen molar-refractivity contribution >= 4 is 10.0 Å². The van der Waals surface area contributed by atoms with E-state index in [1.807, 2.05) is 0 Å². The van der Waals surface area contributed by atoms with Crippen molar-refractivity contribution in [3.05, 3.63) is 29.8 Å². The smallest absolute Gasteiger partial charge is 0.240 e. The third-order valence-electron chi connectivity index (χ3n) is 1.84. The van der Waals surface area contributed by atoms with Gasteiger partial charge < -0.3 is 5.73 Å². The molecule has 15 heavy (non-hydrogen) atoms. The van der Waals surface area contributed by atoms with Crippen LogP contribution in [0, 0.1) is 0 Å². The van der Waals surface area contributed by atoms with Crippen LogP contribution in [0.2, 0.25) is 0 Å². The fourth-order valence-corrected chi connectivity index (χ4v) is 2.54. The van der Waals surface area contributed by atoms with Gasteiger partial charge >= 0.3 is 0 Å². The Bertz CT molecular complexity index is 427. The molecule has 84 valence electrons. The molecule has 0 aromatic heterocycles. The second-order valence-electron chi connectivity index (χ2n) is 3.63. The molecule has 0 atom stereocenters. The summed E-state index contributed by atoms with van der Waals surface area (Å²) >= 11 is 0.